The van der Waals surface area contributed by atoms with Crippen molar-refractivity contribution in [1.29, 1.82) is 0 Å². The van der Waals surface area contributed by atoms with Crippen molar-refractivity contribution in [3.63, 3.8) is 0 Å². The number of amides is 2. The van der Waals surface area contributed by atoms with E-state index >= 15 is 0 Å². The number of halogens is 3. The van der Waals surface area contributed by atoms with Crippen LogP contribution in [0.4, 0.5) is 10.5 Å². The standard InChI is InChI=1S/C31H41Cl3N2O11/c1-41-23-15-21-22(16-24(23)42-2)36(30(40)46-18-31(32,33)34)29(47-26-8-4-5-14-45-26)27-19(11-12-35(27)28(21)39)17-44-13-6-7-20(37)9-10-25(38)43-3/h15-16,19,26-27,29H,4-14,17-18H2,1-3H3/t19-,26?,27-,29?/m0/s1. The molecule has 2 amide bonds. The topological polar surface area (TPSA) is 139 Å². The highest BCUT2D eigenvalue weighted by Gasteiger charge is 2.52. The second-order valence-corrected chi connectivity index (χ2v) is 13.9. The summed E-state index contributed by atoms with van der Waals surface area (Å²) in [6, 6.07) is 2.36. The van der Waals surface area contributed by atoms with Crippen molar-refractivity contribution in [1.82, 2.24) is 4.90 Å². The van der Waals surface area contributed by atoms with E-state index in [9.17, 15) is 19.2 Å². The van der Waals surface area contributed by atoms with Crippen LogP contribution in [0.3, 0.4) is 0 Å². The Morgan fingerprint density at radius 3 is 2.40 bits per heavy atom. The minimum absolute atomic E-state index is 0.0383. The monoisotopic (exact) mass is 722 g/mol. The Morgan fingerprint density at radius 1 is 1.00 bits per heavy atom. The number of esters is 1. The average Bonchev–Trinajstić information content (AvgIpc) is 3.45. The molecular formula is C31H41Cl3N2O11. The number of rotatable bonds is 14. The fourth-order valence-electron chi connectivity index (χ4n) is 5.97. The second kappa shape index (κ2) is 17.2. The number of methoxy groups -OCH3 is 3. The summed E-state index contributed by atoms with van der Waals surface area (Å²) in [5, 5.41) is 0. The molecule has 2 fully saturated rings. The van der Waals surface area contributed by atoms with E-state index in [1.165, 1.54) is 38.4 Å². The maximum absolute atomic E-state index is 14.2. The molecule has 3 aliphatic heterocycles. The summed E-state index contributed by atoms with van der Waals surface area (Å²) in [6.07, 6.45) is 1.07. The van der Waals surface area contributed by atoms with Crippen molar-refractivity contribution < 1.29 is 52.3 Å². The molecule has 2 saturated heterocycles. The molecule has 0 N–H and O–H groups in total. The molecule has 0 saturated carbocycles. The van der Waals surface area contributed by atoms with E-state index < -0.39 is 41.0 Å². The highest BCUT2D eigenvalue weighted by atomic mass is 35.6. The van der Waals surface area contributed by atoms with Crippen LogP contribution in [0.5, 0.6) is 11.5 Å². The van der Waals surface area contributed by atoms with Gasteiger partial charge in [0.25, 0.3) is 5.91 Å². The van der Waals surface area contributed by atoms with Crippen molar-refractivity contribution in [3.8, 4) is 11.5 Å². The number of nitrogens with zero attached hydrogens (tertiary/aromatic N) is 2. The molecule has 0 bridgehead atoms. The fourth-order valence-corrected chi connectivity index (χ4v) is 6.14. The summed E-state index contributed by atoms with van der Waals surface area (Å²) in [7, 11) is 4.17. The Labute approximate surface area is 288 Å². The van der Waals surface area contributed by atoms with Crippen LogP contribution < -0.4 is 14.4 Å². The zero-order valence-electron chi connectivity index (χ0n) is 26.7. The zero-order valence-corrected chi connectivity index (χ0v) is 28.9. The van der Waals surface area contributed by atoms with E-state index in [0.29, 0.717) is 38.2 Å². The minimum atomic E-state index is -1.89. The van der Waals surface area contributed by atoms with Crippen LogP contribution in [0, 0.1) is 5.92 Å². The second-order valence-electron chi connectivity index (χ2n) is 11.4. The molecule has 4 rings (SSSR count). The average molecular weight is 724 g/mol. The van der Waals surface area contributed by atoms with E-state index in [1.54, 1.807) is 4.90 Å². The Bertz CT molecular complexity index is 1270. The molecule has 1 aromatic carbocycles. The molecule has 13 nitrogen and oxygen atoms in total. The van der Waals surface area contributed by atoms with Gasteiger partial charge in [0, 0.05) is 44.6 Å². The van der Waals surface area contributed by atoms with Crippen molar-refractivity contribution in [2.75, 3.05) is 59.2 Å². The maximum atomic E-state index is 14.2. The lowest BCUT2D eigenvalue weighted by molar-refractivity contribution is -0.198. The Morgan fingerprint density at radius 2 is 1.74 bits per heavy atom. The largest absolute Gasteiger partial charge is 0.493 e. The molecule has 16 heteroatoms. The number of Topliss-reactive ketones (excluding diaryl/α,β-unsaturated/α-hetero) is 1. The molecule has 262 valence electrons. The lowest BCUT2D eigenvalue weighted by atomic mass is 9.99. The van der Waals surface area contributed by atoms with Crippen LogP contribution in [-0.4, -0.2) is 105 Å². The number of fused-ring (bicyclic) bond motifs is 2. The number of hydrogen-bond donors (Lipinski definition) is 0. The van der Waals surface area contributed by atoms with Crippen molar-refractivity contribution in [2.24, 2.45) is 5.92 Å². The van der Waals surface area contributed by atoms with E-state index in [-0.39, 0.29) is 67.1 Å². The van der Waals surface area contributed by atoms with Crippen molar-refractivity contribution in [2.45, 2.75) is 73.7 Å². The van der Waals surface area contributed by atoms with Crippen molar-refractivity contribution >= 4 is 64.2 Å². The third kappa shape index (κ3) is 9.76. The number of alkyl halides is 3. The highest BCUT2D eigenvalue weighted by Crippen LogP contribution is 2.44. The first kappa shape index (κ1) is 37.3. The number of hydrogen-bond acceptors (Lipinski definition) is 11. The van der Waals surface area contributed by atoms with Gasteiger partial charge in [0.05, 0.1) is 51.6 Å². The van der Waals surface area contributed by atoms with E-state index in [2.05, 4.69) is 4.74 Å². The Hall–Kier alpha value is -2.55. The number of benzene rings is 1. The molecule has 3 aliphatic rings. The predicted octanol–water partition coefficient (Wildman–Crippen LogP) is 5.05. The van der Waals surface area contributed by atoms with Crippen LogP contribution in [0.1, 0.15) is 61.7 Å². The Balaban J connectivity index is 1.63. The van der Waals surface area contributed by atoms with Crippen LogP contribution in [0.25, 0.3) is 0 Å². The SMILES string of the molecule is COC(=O)CCC(=O)CCCOC[C@@H]1CCN2C(=O)c3cc(OC)c(OC)cc3N(C(=O)OCC(Cl)(Cl)Cl)C(OC3CCCCO3)[C@H]12. The van der Waals surface area contributed by atoms with E-state index in [0.717, 1.165) is 12.8 Å². The van der Waals surface area contributed by atoms with Gasteiger partial charge in [-0.3, -0.25) is 14.4 Å². The molecule has 0 aromatic heterocycles. The molecular weight excluding hydrogens is 683 g/mol. The summed E-state index contributed by atoms with van der Waals surface area (Å²) in [5.41, 5.74) is 0.337. The van der Waals surface area contributed by atoms with Gasteiger partial charge in [0.15, 0.2) is 24.0 Å². The first-order chi connectivity index (χ1) is 22.5. The Kier molecular flexibility index (Phi) is 13.6. The summed E-state index contributed by atoms with van der Waals surface area (Å²) < 4.78 is 37.7. The van der Waals surface area contributed by atoms with Gasteiger partial charge in [-0.2, -0.15) is 0 Å². The summed E-state index contributed by atoms with van der Waals surface area (Å²) in [5.74, 6) is -0.550. The van der Waals surface area contributed by atoms with E-state index in [4.69, 9.17) is 63.2 Å². The quantitative estimate of drug-likeness (QED) is 0.145. The van der Waals surface area contributed by atoms with Crippen LogP contribution >= 0.6 is 34.8 Å². The molecule has 1 aromatic rings. The van der Waals surface area contributed by atoms with Crippen LogP contribution in [0.2, 0.25) is 0 Å². The molecule has 3 heterocycles. The number of carbonyl (C=O) groups is 4. The van der Waals surface area contributed by atoms with Crippen LogP contribution in [0.15, 0.2) is 12.1 Å². The fraction of sp³-hybridized carbons (Fsp3) is 0.677. The van der Waals surface area contributed by atoms with Gasteiger partial charge in [-0.15, -0.1) is 0 Å². The first-order valence-electron chi connectivity index (χ1n) is 15.5. The molecule has 2 unspecified atom stereocenters. The van der Waals surface area contributed by atoms with Crippen LogP contribution in [-0.2, 0) is 33.3 Å². The lowest BCUT2D eigenvalue weighted by Gasteiger charge is -2.40. The van der Waals surface area contributed by atoms with Gasteiger partial charge in [-0.05, 0) is 38.2 Å². The lowest BCUT2D eigenvalue weighted by Crippen LogP contribution is -2.56. The molecule has 4 atom stereocenters. The molecule has 0 aliphatic carbocycles. The van der Waals surface area contributed by atoms with Gasteiger partial charge in [-0.1, -0.05) is 34.8 Å². The van der Waals surface area contributed by atoms with Gasteiger partial charge < -0.3 is 38.1 Å². The smallest absolute Gasteiger partial charge is 0.416 e. The predicted molar refractivity (Wildman–Crippen MR) is 171 cm³/mol. The summed E-state index contributed by atoms with van der Waals surface area (Å²) in [6.45, 7) is 0.780. The number of ketones is 1. The van der Waals surface area contributed by atoms with Crippen molar-refractivity contribution in [3.05, 3.63) is 17.7 Å². The molecule has 0 spiro atoms. The maximum Gasteiger partial charge on any atom is 0.416 e. The molecule has 0 radical (unpaired) electrons. The minimum Gasteiger partial charge on any atom is -0.493 e. The normalized spacial score (nSPS) is 22.6. The van der Waals surface area contributed by atoms with Gasteiger partial charge in [-0.25, -0.2) is 9.69 Å². The molecule has 47 heavy (non-hydrogen) atoms. The zero-order chi connectivity index (χ0) is 34.1. The van der Waals surface area contributed by atoms with Gasteiger partial charge in [0.1, 0.15) is 12.4 Å². The third-order valence-corrected chi connectivity index (χ3v) is 8.61. The number of anilines is 1. The first-order valence-corrected chi connectivity index (χ1v) is 16.6. The number of carbonyl (C=O) groups excluding carboxylic acids is 4. The summed E-state index contributed by atoms with van der Waals surface area (Å²) >= 11 is 17.8. The van der Waals surface area contributed by atoms with E-state index in [1.807, 2.05) is 0 Å². The third-order valence-electron chi connectivity index (χ3n) is 8.28. The van der Waals surface area contributed by atoms with Gasteiger partial charge in [0.2, 0.25) is 3.79 Å². The summed E-state index contributed by atoms with van der Waals surface area (Å²) in [4.78, 5) is 54.6. The van der Waals surface area contributed by atoms with Gasteiger partial charge >= 0.3 is 12.1 Å². The number of ether oxygens (including phenoxy) is 7. The highest BCUT2D eigenvalue weighted by molar-refractivity contribution is 6.67.